The lowest BCUT2D eigenvalue weighted by Gasteiger charge is -2.40. The fraction of sp³-hybridized carbons (Fsp3) is 0.667. The van der Waals surface area contributed by atoms with Gasteiger partial charge in [-0.15, -0.1) is 10.2 Å². The van der Waals surface area contributed by atoms with E-state index in [0.717, 1.165) is 30.6 Å². The fourth-order valence-corrected chi connectivity index (χ4v) is 2.85. The van der Waals surface area contributed by atoms with Crippen molar-refractivity contribution < 1.29 is 0 Å². The van der Waals surface area contributed by atoms with Gasteiger partial charge in [-0.3, -0.25) is 0 Å². The van der Waals surface area contributed by atoms with E-state index in [-0.39, 0.29) is 0 Å². The maximum atomic E-state index is 4.08. The fourth-order valence-electron chi connectivity index (χ4n) is 2.85. The first-order valence-electron chi connectivity index (χ1n) is 6.07. The third-order valence-corrected chi connectivity index (χ3v) is 3.92. The minimum Gasteiger partial charge on any atom is -0.321 e. The smallest absolute Gasteiger partial charge is 0.133 e. The van der Waals surface area contributed by atoms with Crippen molar-refractivity contribution in [2.24, 2.45) is 18.9 Å². The van der Waals surface area contributed by atoms with E-state index in [1.165, 1.54) is 12.8 Å². The second kappa shape index (κ2) is 4.01. The van der Waals surface area contributed by atoms with Crippen molar-refractivity contribution in [3.63, 3.8) is 0 Å². The van der Waals surface area contributed by atoms with Gasteiger partial charge in [0.25, 0.3) is 0 Å². The molecule has 4 heteroatoms. The Labute approximate surface area is 95.8 Å². The first-order valence-corrected chi connectivity index (χ1v) is 6.07. The Morgan fingerprint density at radius 3 is 3.25 bits per heavy atom. The number of rotatable bonds is 4. The zero-order chi connectivity index (χ0) is 11.0. The van der Waals surface area contributed by atoms with Crippen molar-refractivity contribution in [3.8, 4) is 0 Å². The molecule has 0 spiro atoms. The maximum Gasteiger partial charge on any atom is 0.133 e. The van der Waals surface area contributed by atoms with Gasteiger partial charge in [0.2, 0.25) is 0 Å². The highest BCUT2D eigenvalue weighted by atomic mass is 15.2. The number of allylic oxidation sites excluding steroid dienone is 1. The van der Waals surface area contributed by atoms with Crippen molar-refractivity contribution >= 4 is 0 Å². The average Bonchev–Trinajstić information content (AvgIpc) is 2.81. The highest BCUT2D eigenvalue weighted by Crippen LogP contribution is 2.42. The van der Waals surface area contributed by atoms with Gasteiger partial charge in [-0.25, -0.2) is 0 Å². The quantitative estimate of drug-likeness (QED) is 0.764. The molecular weight excluding hydrogens is 200 g/mol. The molecule has 1 saturated carbocycles. The van der Waals surface area contributed by atoms with Crippen LogP contribution in [0.3, 0.4) is 0 Å². The molecule has 1 N–H and O–H groups in total. The van der Waals surface area contributed by atoms with E-state index in [4.69, 9.17) is 0 Å². The molecule has 16 heavy (non-hydrogen) atoms. The third kappa shape index (κ3) is 1.67. The lowest BCUT2D eigenvalue weighted by Crippen LogP contribution is -2.48. The number of hydrogen-bond acceptors (Lipinski definition) is 3. The Kier molecular flexibility index (Phi) is 2.52. The number of aromatic nitrogens is 3. The molecule has 2 aliphatic rings. The molecule has 0 aromatic carbocycles. The van der Waals surface area contributed by atoms with Gasteiger partial charge >= 0.3 is 0 Å². The molecule has 0 aliphatic heterocycles. The van der Waals surface area contributed by atoms with Crippen LogP contribution in [0.15, 0.2) is 18.5 Å². The van der Waals surface area contributed by atoms with Crippen molar-refractivity contribution in [1.82, 2.24) is 20.1 Å². The second-order valence-electron chi connectivity index (χ2n) is 4.91. The molecule has 0 radical (unpaired) electrons. The summed E-state index contributed by atoms with van der Waals surface area (Å²) in [5.41, 5.74) is 0. The van der Waals surface area contributed by atoms with Crippen LogP contribution in [0.25, 0.3) is 0 Å². The summed E-state index contributed by atoms with van der Waals surface area (Å²) in [5, 5.41) is 11.6. The van der Waals surface area contributed by atoms with Crippen LogP contribution in [-0.4, -0.2) is 27.4 Å². The van der Waals surface area contributed by atoms with Crippen molar-refractivity contribution in [2.45, 2.75) is 25.3 Å². The predicted molar refractivity (Wildman–Crippen MR) is 61.9 cm³/mol. The van der Waals surface area contributed by atoms with Crippen LogP contribution in [0.5, 0.6) is 0 Å². The highest BCUT2D eigenvalue weighted by Gasteiger charge is 2.40. The first-order chi connectivity index (χ1) is 7.84. The predicted octanol–water partition coefficient (Wildman–Crippen LogP) is 0.912. The molecule has 1 aromatic heterocycles. The van der Waals surface area contributed by atoms with Gasteiger partial charge in [-0.05, 0) is 24.7 Å². The molecular formula is C12H18N4. The SMILES string of the molecule is Cn1cnnc1CCNC1CC2CC=CC21. The van der Waals surface area contributed by atoms with Gasteiger partial charge in [0, 0.05) is 26.1 Å². The largest absolute Gasteiger partial charge is 0.321 e. The highest BCUT2D eigenvalue weighted by molar-refractivity contribution is 5.12. The number of fused-ring (bicyclic) bond motifs is 1. The molecule has 0 amide bonds. The van der Waals surface area contributed by atoms with Crippen LogP contribution < -0.4 is 5.32 Å². The summed E-state index contributed by atoms with van der Waals surface area (Å²) in [7, 11) is 1.99. The molecule has 0 bridgehead atoms. The molecule has 0 saturated heterocycles. The maximum absolute atomic E-state index is 4.08. The standard InChI is InChI=1S/C12H18N4/c1-16-8-14-15-12(16)5-6-13-11-7-9-3-2-4-10(9)11/h2,4,8-11,13H,3,5-7H2,1H3. The molecule has 1 fully saturated rings. The lowest BCUT2D eigenvalue weighted by molar-refractivity contribution is 0.164. The third-order valence-electron chi connectivity index (χ3n) is 3.92. The summed E-state index contributed by atoms with van der Waals surface area (Å²) in [6.45, 7) is 1.01. The Hall–Kier alpha value is -1.16. The minimum atomic E-state index is 0.706. The number of hydrogen-bond donors (Lipinski definition) is 1. The van der Waals surface area contributed by atoms with E-state index >= 15 is 0 Å². The molecule has 3 unspecified atom stereocenters. The Morgan fingerprint density at radius 2 is 2.50 bits per heavy atom. The van der Waals surface area contributed by atoms with E-state index in [9.17, 15) is 0 Å². The van der Waals surface area contributed by atoms with E-state index in [0.29, 0.717) is 6.04 Å². The van der Waals surface area contributed by atoms with Gasteiger partial charge in [0.15, 0.2) is 0 Å². The summed E-state index contributed by atoms with van der Waals surface area (Å²) < 4.78 is 1.99. The Bertz CT molecular complexity index is 395. The molecule has 1 aromatic rings. The van der Waals surface area contributed by atoms with Crippen molar-refractivity contribution in [2.75, 3.05) is 6.54 Å². The van der Waals surface area contributed by atoms with Gasteiger partial charge in [0.1, 0.15) is 12.2 Å². The summed E-state index contributed by atoms with van der Waals surface area (Å²) in [4.78, 5) is 0. The number of aryl methyl sites for hydroxylation is 1. The Morgan fingerprint density at radius 1 is 1.56 bits per heavy atom. The normalized spacial score (nSPS) is 31.4. The van der Waals surface area contributed by atoms with Crippen LogP contribution in [0.2, 0.25) is 0 Å². The molecule has 86 valence electrons. The summed E-state index contributed by atoms with van der Waals surface area (Å²) >= 11 is 0. The average molecular weight is 218 g/mol. The first kappa shape index (κ1) is 10.0. The number of nitrogens with zero attached hydrogens (tertiary/aromatic N) is 3. The summed E-state index contributed by atoms with van der Waals surface area (Å²) in [6, 6.07) is 0.706. The van der Waals surface area contributed by atoms with Crippen LogP contribution >= 0.6 is 0 Å². The van der Waals surface area contributed by atoms with Gasteiger partial charge < -0.3 is 9.88 Å². The van der Waals surface area contributed by atoms with Gasteiger partial charge in [-0.1, -0.05) is 12.2 Å². The number of nitrogens with one attached hydrogen (secondary N) is 1. The zero-order valence-electron chi connectivity index (χ0n) is 9.63. The Balaban J connectivity index is 1.44. The van der Waals surface area contributed by atoms with Gasteiger partial charge in [-0.2, -0.15) is 0 Å². The summed E-state index contributed by atoms with van der Waals surface area (Å²) in [6.07, 6.45) is 10.1. The van der Waals surface area contributed by atoms with Crippen molar-refractivity contribution in [1.29, 1.82) is 0 Å². The van der Waals surface area contributed by atoms with Gasteiger partial charge in [0.05, 0.1) is 0 Å². The molecule has 2 aliphatic carbocycles. The van der Waals surface area contributed by atoms with E-state index in [1.807, 2.05) is 11.6 Å². The monoisotopic (exact) mass is 218 g/mol. The van der Waals surface area contributed by atoms with Crippen LogP contribution in [0.4, 0.5) is 0 Å². The van der Waals surface area contributed by atoms with E-state index in [1.54, 1.807) is 6.33 Å². The molecule has 4 nitrogen and oxygen atoms in total. The van der Waals surface area contributed by atoms with Crippen LogP contribution in [0.1, 0.15) is 18.7 Å². The zero-order valence-corrected chi connectivity index (χ0v) is 9.63. The minimum absolute atomic E-state index is 0.706. The second-order valence-corrected chi connectivity index (χ2v) is 4.91. The topological polar surface area (TPSA) is 42.7 Å². The van der Waals surface area contributed by atoms with E-state index in [2.05, 4.69) is 27.7 Å². The van der Waals surface area contributed by atoms with E-state index < -0.39 is 0 Å². The summed E-state index contributed by atoms with van der Waals surface area (Å²) in [5.74, 6) is 2.80. The van der Waals surface area contributed by atoms with Crippen LogP contribution in [0, 0.1) is 11.8 Å². The van der Waals surface area contributed by atoms with Crippen molar-refractivity contribution in [3.05, 3.63) is 24.3 Å². The molecule has 1 heterocycles. The molecule has 3 rings (SSSR count). The molecule has 3 atom stereocenters. The van der Waals surface area contributed by atoms with Crippen LogP contribution in [-0.2, 0) is 13.5 Å². The lowest BCUT2D eigenvalue weighted by atomic mass is 9.71.